The first-order valence-corrected chi connectivity index (χ1v) is 3.67. The molecule has 0 amide bonds. The predicted molar refractivity (Wildman–Crippen MR) is 41.2 cm³/mol. The first kappa shape index (κ1) is 8.37. The normalized spacial score (nSPS) is 13.0. The smallest absolute Gasteiger partial charge is 0.167 e. The van der Waals surface area contributed by atoms with Crippen LogP contribution in [0.4, 0.5) is 0 Å². The maximum absolute atomic E-state index is 10.5. The van der Waals surface area contributed by atoms with Crippen molar-refractivity contribution in [2.75, 3.05) is 0 Å². The molecular formula is C5H6Br2O. The van der Waals surface area contributed by atoms with Gasteiger partial charge in [-0.3, -0.25) is 4.79 Å². The maximum atomic E-state index is 10.5. The molecule has 0 heterocycles. The lowest BCUT2D eigenvalue weighted by Gasteiger charge is -1.89. The van der Waals surface area contributed by atoms with Crippen LogP contribution in [0.3, 0.4) is 0 Å². The van der Waals surface area contributed by atoms with Crippen LogP contribution in [0.1, 0.15) is 13.8 Å². The Morgan fingerprint density at radius 2 is 1.62 bits per heavy atom. The van der Waals surface area contributed by atoms with Gasteiger partial charge in [-0.25, -0.2) is 0 Å². The highest BCUT2D eigenvalue weighted by Gasteiger charge is 1.99. The van der Waals surface area contributed by atoms with E-state index in [9.17, 15) is 4.79 Å². The lowest BCUT2D eigenvalue weighted by Crippen LogP contribution is -1.87. The predicted octanol–water partition coefficient (Wildman–Crippen LogP) is 2.60. The summed E-state index contributed by atoms with van der Waals surface area (Å²) in [6.07, 6.45) is 0. The molecule has 0 aliphatic heterocycles. The molecule has 0 N–H and O–H groups in total. The monoisotopic (exact) mass is 240 g/mol. The highest BCUT2D eigenvalue weighted by atomic mass is 79.9. The second-order valence-electron chi connectivity index (χ2n) is 1.40. The number of ketones is 1. The molecule has 0 radical (unpaired) electrons. The Labute approximate surface area is 65.4 Å². The molecule has 0 bridgehead atoms. The minimum Gasteiger partial charge on any atom is -0.294 e. The molecule has 0 rings (SSSR count). The van der Waals surface area contributed by atoms with Crippen LogP contribution >= 0.6 is 31.9 Å². The van der Waals surface area contributed by atoms with E-state index in [1.807, 2.05) is 6.92 Å². The molecule has 1 nitrogen and oxygen atoms in total. The van der Waals surface area contributed by atoms with E-state index in [1.54, 1.807) is 0 Å². The van der Waals surface area contributed by atoms with E-state index < -0.39 is 0 Å². The van der Waals surface area contributed by atoms with E-state index in [0.29, 0.717) is 4.48 Å². The quantitative estimate of drug-likeness (QED) is 0.646. The Morgan fingerprint density at radius 1 is 1.25 bits per heavy atom. The van der Waals surface area contributed by atoms with Crippen LogP contribution in [0.15, 0.2) is 8.96 Å². The second kappa shape index (κ2) is 3.41. The summed E-state index contributed by atoms with van der Waals surface area (Å²) in [5.41, 5.74) is 0. The molecule has 0 fully saturated rings. The highest BCUT2D eigenvalue weighted by Crippen LogP contribution is 2.16. The molecule has 8 heavy (non-hydrogen) atoms. The summed E-state index contributed by atoms with van der Waals surface area (Å²) in [6, 6.07) is 0. The number of rotatable bonds is 1. The van der Waals surface area contributed by atoms with Crippen molar-refractivity contribution in [1.29, 1.82) is 0 Å². The fourth-order valence-electron chi connectivity index (χ4n) is 0.243. The summed E-state index contributed by atoms with van der Waals surface area (Å²) in [5, 5.41) is 0. The van der Waals surface area contributed by atoms with Gasteiger partial charge in [-0.2, -0.15) is 0 Å². The van der Waals surface area contributed by atoms with Crippen molar-refractivity contribution in [2.45, 2.75) is 13.8 Å². The average molecular weight is 242 g/mol. The van der Waals surface area contributed by atoms with Crippen molar-refractivity contribution in [2.24, 2.45) is 0 Å². The Morgan fingerprint density at radius 3 is 1.62 bits per heavy atom. The lowest BCUT2D eigenvalue weighted by molar-refractivity contribution is -0.112. The van der Waals surface area contributed by atoms with Gasteiger partial charge in [0.2, 0.25) is 0 Å². The minimum absolute atomic E-state index is 0.0411. The fourth-order valence-corrected chi connectivity index (χ4v) is 0.522. The minimum atomic E-state index is 0.0411. The van der Waals surface area contributed by atoms with E-state index in [2.05, 4.69) is 31.9 Å². The summed E-state index contributed by atoms with van der Waals surface area (Å²) < 4.78 is 1.45. The van der Waals surface area contributed by atoms with Gasteiger partial charge in [0.15, 0.2) is 5.78 Å². The van der Waals surface area contributed by atoms with Crippen molar-refractivity contribution in [3.05, 3.63) is 8.96 Å². The van der Waals surface area contributed by atoms with Gasteiger partial charge in [-0.15, -0.1) is 0 Å². The maximum Gasteiger partial charge on any atom is 0.167 e. The number of hydrogen-bond acceptors (Lipinski definition) is 1. The van der Waals surface area contributed by atoms with Crippen LogP contribution in [-0.2, 0) is 4.79 Å². The topological polar surface area (TPSA) is 17.1 Å². The molecule has 0 spiro atoms. The fraction of sp³-hybridized carbons (Fsp3) is 0.400. The SMILES string of the molecule is CC(=O)/C(Br)=C(/C)Br. The Hall–Kier alpha value is 0.370. The number of carbonyl (C=O) groups excluding carboxylic acids is 1. The van der Waals surface area contributed by atoms with Crippen LogP contribution in [0.25, 0.3) is 0 Å². The number of allylic oxidation sites excluding steroid dienone is 2. The molecule has 0 aromatic carbocycles. The van der Waals surface area contributed by atoms with Crippen LogP contribution in [0.5, 0.6) is 0 Å². The van der Waals surface area contributed by atoms with Gasteiger partial charge >= 0.3 is 0 Å². The largest absolute Gasteiger partial charge is 0.294 e. The third-order valence-electron chi connectivity index (χ3n) is 0.612. The lowest BCUT2D eigenvalue weighted by atomic mass is 10.4. The molecule has 46 valence electrons. The molecule has 0 atom stereocenters. The third-order valence-corrected chi connectivity index (χ3v) is 2.69. The zero-order valence-electron chi connectivity index (χ0n) is 4.66. The molecular weight excluding hydrogens is 236 g/mol. The number of halogens is 2. The van der Waals surface area contributed by atoms with Gasteiger partial charge in [0.25, 0.3) is 0 Å². The number of Topliss-reactive ketones (excluding diaryl/α,β-unsaturated/α-hetero) is 1. The van der Waals surface area contributed by atoms with Gasteiger partial charge in [0.1, 0.15) is 0 Å². The molecule has 0 saturated carbocycles. The van der Waals surface area contributed by atoms with Crippen molar-refractivity contribution >= 4 is 37.6 Å². The van der Waals surface area contributed by atoms with Crippen molar-refractivity contribution < 1.29 is 4.79 Å². The van der Waals surface area contributed by atoms with E-state index in [0.717, 1.165) is 4.48 Å². The van der Waals surface area contributed by atoms with Crippen LogP contribution in [0, 0.1) is 0 Å². The van der Waals surface area contributed by atoms with Crippen molar-refractivity contribution in [3.8, 4) is 0 Å². The van der Waals surface area contributed by atoms with Gasteiger partial charge < -0.3 is 0 Å². The van der Waals surface area contributed by atoms with Crippen molar-refractivity contribution in [3.63, 3.8) is 0 Å². The van der Waals surface area contributed by atoms with E-state index >= 15 is 0 Å². The first-order valence-electron chi connectivity index (χ1n) is 2.08. The van der Waals surface area contributed by atoms with Gasteiger partial charge in [0, 0.05) is 4.48 Å². The highest BCUT2D eigenvalue weighted by molar-refractivity contribution is 9.14. The Bertz CT molecular complexity index is 133. The third kappa shape index (κ3) is 2.62. The molecule has 0 saturated heterocycles. The summed E-state index contributed by atoms with van der Waals surface area (Å²) in [7, 11) is 0. The first-order chi connectivity index (χ1) is 3.55. The molecule has 3 heteroatoms. The van der Waals surface area contributed by atoms with E-state index in [4.69, 9.17) is 0 Å². The summed E-state index contributed by atoms with van der Waals surface area (Å²) >= 11 is 6.24. The van der Waals surface area contributed by atoms with E-state index in [1.165, 1.54) is 6.92 Å². The Balaban J connectivity index is 4.23. The van der Waals surface area contributed by atoms with Crippen LogP contribution in [-0.4, -0.2) is 5.78 Å². The second-order valence-corrected chi connectivity index (χ2v) is 3.39. The molecule has 0 aromatic rings. The number of hydrogen-bond donors (Lipinski definition) is 0. The zero-order chi connectivity index (χ0) is 6.73. The van der Waals surface area contributed by atoms with Gasteiger partial charge in [0.05, 0.1) is 4.48 Å². The molecule has 0 aromatic heterocycles. The van der Waals surface area contributed by atoms with Crippen LogP contribution < -0.4 is 0 Å². The summed E-state index contributed by atoms with van der Waals surface area (Å²) in [4.78, 5) is 10.5. The van der Waals surface area contributed by atoms with Gasteiger partial charge in [-0.05, 0) is 29.8 Å². The zero-order valence-corrected chi connectivity index (χ0v) is 7.84. The standard InChI is InChI=1S/C5H6Br2O/c1-3(6)5(7)4(2)8/h1-2H3/b5-3+. The average Bonchev–Trinajstić information content (AvgIpc) is 1.64. The van der Waals surface area contributed by atoms with Crippen molar-refractivity contribution in [1.82, 2.24) is 0 Å². The molecule has 0 aliphatic carbocycles. The summed E-state index contributed by atoms with van der Waals surface area (Å²) in [6.45, 7) is 3.32. The van der Waals surface area contributed by atoms with Gasteiger partial charge in [-0.1, -0.05) is 15.9 Å². The molecule has 0 aliphatic rings. The van der Waals surface area contributed by atoms with E-state index in [-0.39, 0.29) is 5.78 Å². The van der Waals surface area contributed by atoms with Crippen LogP contribution in [0.2, 0.25) is 0 Å². The molecule has 0 unspecified atom stereocenters. The number of carbonyl (C=O) groups is 1. The Kier molecular flexibility index (Phi) is 3.56. The summed E-state index contributed by atoms with van der Waals surface area (Å²) in [5.74, 6) is 0.0411.